The number of benzene rings is 2. The lowest BCUT2D eigenvalue weighted by Gasteiger charge is -2.27. The molecule has 26 heavy (non-hydrogen) atoms. The second-order valence-electron chi connectivity index (χ2n) is 5.56. The molecule has 0 radical (unpaired) electrons. The van der Waals surface area contributed by atoms with Gasteiger partial charge in [-0.25, -0.2) is 8.78 Å². The highest BCUT2D eigenvalue weighted by molar-refractivity contribution is 9.10. The molecule has 0 bridgehead atoms. The number of carbonyl (C=O) groups is 1. The van der Waals surface area contributed by atoms with Gasteiger partial charge in [-0.1, -0.05) is 15.9 Å². The average molecular weight is 428 g/mol. The van der Waals surface area contributed by atoms with E-state index < -0.39 is 17.5 Å². The van der Waals surface area contributed by atoms with Gasteiger partial charge in [0.25, 0.3) is 5.91 Å². The average Bonchev–Trinajstić information content (AvgIpc) is 2.64. The molecular weight excluding hydrogens is 412 g/mol. The summed E-state index contributed by atoms with van der Waals surface area (Å²) in [6.45, 7) is 1.61. The number of morpholine rings is 1. The second kappa shape index (κ2) is 8.01. The summed E-state index contributed by atoms with van der Waals surface area (Å²) in [5.41, 5.74) is -0.132. The van der Waals surface area contributed by atoms with Gasteiger partial charge in [-0.05, 0) is 24.3 Å². The fourth-order valence-electron chi connectivity index (χ4n) is 2.55. The number of amides is 1. The first-order valence-electron chi connectivity index (χ1n) is 7.87. The quantitative estimate of drug-likeness (QED) is 0.739. The van der Waals surface area contributed by atoms with Crippen LogP contribution in [0.4, 0.5) is 8.78 Å². The van der Waals surface area contributed by atoms with Crippen LogP contribution in [0.2, 0.25) is 0 Å². The van der Waals surface area contributed by atoms with E-state index in [2.05, 4.69) is 15.9 Å². The molecule has 1 saturated heterocycles. The normalized spacial score (nSPS) is 14.2. The summed E-state index contributed by atoms with van der Waals surface area (Å²) in [5.74, 6) is -1.82. The van der Waals surface area contributed by atoms with Crippen molar-refractivity contribution in [2.75, 3.05) is 33.4 Å². The molecule has 1 aliphatic rings. The SMILES string of the molecule is COc1cc(C(=O)N2CCOCC2)c(F)cc1Oc1ccc(Br)cc1F. The third-order valence-electron chi connectivity index (χ3n) is 3.90. The second-order valence-corrected chi connectivity index (χ2v) is 6.48. The largest absolute Gasteiger partial charge is 0.493 e. The molecule has 0 aliphatic carbocycles. The van der Waals surface area contributed by atoms with Crippen LogP contribution in [-0.2, 0) is 4.74 Å². The number of ether oxygens (including phenoxy) is 3. The zero-order chi connectivity index (χ0) is 18.7. The fourth-order valence-corrected chi connectivity index (χ4v) is 2.88. The molecule has 1 fully saturated rings. The third kappa shape index (κ3) is 3.96. The molecule has 1 amide bonds. The van der Waals surface area contributed by atoms with Crippen molar-refractivity contribution >= 4 is 21.8 Å². The zero-order valence-corrected chi connectivity index (χ0v) is 15.5. The van der Waals surface area contributed by atoms with E-state index in [0.29, 0.717) is 30.8 Å². The monoisotopic (exact) mass is 427 g/mol. The van der Waals surface area contributed by atoms with Crippen molar-refractivity contribution in [3.05, 3.63) is 52.0 Å². The Morgan fingerprint density at radius 3 is 2.46 bits per heavy atom. The Kier molecular flexibility index (Phi) is 5.73. The van der Waals surface area contributed by atoms with Gasteiger partial charge in [-0.2, -0.15) is 0 Å². The Bertz CT molecular complexity index is 825. The minimum absolute atomic E-state index is 0.0234. The lowest BCUT2D eigenvalue weighted by Crippen LogP contribution is -2.41. The Labute approximate surface area is 157 Å². The summed E-state index contributed by atoms with van der Waals surface area (Å²) in [6, 6.07) is 6.52. The van der Waals surface area contributed by atoms with Gasteiger partial charge in [-0.15, -0.1) is 0 Å². The smallest absolute Gasteiger partial charge is 0.257 e. The first kappa shape index (κ1) is 18.6. The van der Waals surface area contributed by atoms with Crippen molar-refractivity contribution in [1.29, 1.82) is 0 Å². The number of halogens is 3. The molecule has 2 aromatic carbocycles. The highest BCUT2D eigenvalue weighted by Crippen LogP contribution is 2.35. The van der Waals surface area contributed by atoms with E-state index >= 15 is 0 Å². The molecule has 8 heteroatoms. The number of rotatable bonds is 4. The molecule has 5 nitrogen and oxygen atoms in total. The van der Waals surface area contributed by atoms with E-state index in [4.69, 9.17) is 14.2 Å². The molecule has 0 atom stereocenters. The summed E-state index contributed by atoms with van der Waals surface area (Å²) in [7, 11) is 1.36. The Morgan fingerprint density at radius 2 is 1.81 bits per heavy atom. The van der Waals surface area contributed by atoms with Crippen LogP contribution in [0, 0.1) is 11.6 Å². The summed E-state index contributed by atoms with van der Waals surface area (Å²) in [6.07, 6.45) is 0. The van der Waals surface area contributed by atoms with Gasteiger partial charge in [0, 0.05) is 23.6 Å². The summed E-state index contributed by atoms with van der Waals surface area (Å²) in [4.78, 5) is 14.0. The number of methoxy groups -OCH3 is 1. The van der Waals surface area contributed by atoms with Crippen molar-refractivity contribution in [2.45, 2.75) is 0 Å². The maximum Gasteiger partial charge on any atom is 0.257 e. The third-order valence-corrected chi connectivity index (χ3v) is 4.39. The van der Waals surface area contributed by atoms with Gasteiger partial charge in [0.1, 0.15) is 5.82 Å². The Morgan fingerprint density at radius 1 is 1.08 bits per heavy atom. The van der Waals surface area contributed by atoms with E-state index in [0.717, 1.165) is 6.07 Å². The van der Waals surface area contributed by atoms with Crippen molar-refractivity contribution in [3.63, 3.8) is 0 Å². The van der Waals surface area contributed by atoms with E-state index in [-0.39, 0.29) is 22.8 Å². The highest BCUT2D eigenvalue weighted by Gasteiger charge is 2.24. The van der Waals surface area contributed by atoms with Crippen molar-refractivity contribution in [3.8, 4) is 17.2 Å². The van der Waals surface area contributed by atoms with Gasteiger partial charge in [0.2, 0.25) is 0 Å². The molecular formula is C18H16BrF2NO4. The number of carbonyl (C=O) groups excluding carboxylic acids is 1. The van der Waals surface area contributed by atoms with Gasteiger partial charge < -0.3 is 19.1 Å². The summed E-state index contributed by atoms with van der Waals surface area (Å²) < 4.78 is 44.9. The van der Waals surface area contributed by atoms with Crippen LogP contribution in [0.25, 0.3) is 0 Å². The zero-order valence-electron chi connectivity index (χ0n) is 13.9. The van der Waals surface area contributed by atoms with Crippen LogP contribution in [0.1, 0.15) is 10.4 Å². The molecule has 3 rings (SSSR count). The molecule has 0 saturated carbocycles. The fraction of sp³-hybridized carbons (Fsp3) is 0.278. The van der Waals surface area contributed by atoms with Gasteiger partial charge in [0.15, 0.2) is 23.1 Å². The molecule has 0 aromatic heterocycles. The van der Waals surface area contributed by atoms with Crippen molar-refractivity contribution in [2.24, 2.45) is 0 Å². The summed E-state index contributed by atoms with van der Waals surface area (Å²) >= 11 is 3.15. The van der Waals surface area contributed by atoms with E-state index in [1.165, 1.54) is 30.2 Å². The maximum absolute atomic E-state index is 14.5. The standard InChI is InChI=1S/C18H16BrF2NO4/c1-24-16-9-12(18(23)22-4-6-25-7-5-22)13(20)10-17(16)26-15-3-2-11(19)8-14(15)21/h2-3,8-10H,4-7H2,1H3. The molecule has 1 aliphatic heterocycles. The number of hydrogen-bond acceptors (Lipinski definition) is 4. The van der Waals surface area contributed by atoms with Crippen LogP contribution in [0.5, 0.6) is 17.2 Å². The van der Waals surface area contributed by atoms with Crippen LogP contribution < -0.4 is 9.47 Å². The van der Waals surface area contributed by atoms with E-state index in [9.17, 15) is 13.6 Å². The molecule has 0 N–H and O–H groups in total. The van der Waals surface area contributed by atoms with E-state index in [1.807, 2.05) is 0 Å². The van der Waals surface area contributed by atoms with Crippen LogP contribution in [0.15, 0.2) is 34.8 Å². The molecule has 0 spiro atoms. The van der Waals surface area contributed by atoms with Crippen molar-refractivity contribution < 1.29 is 27.8 Å². The maximum atomic E-state index is 14.5. The van der Waals surface area contributed by atoms with Gasteiger partial charge in [-0.3, -0.25) is 4.79 Å². The minimum Gasteiger partial charge on any atom is -0.493 e. The molecule has 138 valence electrons. The predicted molar refractivity (Wildman–Crippen MR) is 93.8 cm³/mol. The van der Waals surface area contributed by atoms with Crippen LogP contribution in [-0.4, -0.2) is 44.2 Å². The molecule has 0 unspecified atom stereocenters. The number of nitrogens with zero attached hydrogens (tertiary/aromatic N) is 1. The predicted octanol–water partition coefficient (Wildman–Crippen LogP) is 4.00. The lowest BCUT2D eigenvalue weighted by atomic mass is 10.1. The molecule has 1 heterocycles. The molecule has 2 aromatic rings. The van der Waals surface area contributed by atoms with Crippen molar-refractivity contribution in [1.82, 2.24) is 4.90 Å². The van der Waals surface area contributed by atoms with Gasteiger partial charge >= 0.3 is 0 Å². The topological polar surface area (TPSA) is 48.0 Å². The van der Waals surface area contributed by atoms with E-state index in [1.54, 1.807) is 6.07 Å². The highest BCUT2D eigenvalue weighted by atomic mass is 79.9. The number of hydrogen-bond donors (Lipinski definition) is 0. The lowest BCUT2D eigenvalue weighted by molar-refractivity contribution is 0.0299. The Balaban J connectivity index is 1.90. The van der Waals surface area contributed by atoms with Crippen LogP contribution in [0.3, 0.4) is 0 Å². The summed E-state index contributed by atoms with van der Waals surface area (Å²) in [5, 5.41) is 0. The first-order chi connectivity index (χ1) is 12.5. The Hall–Kier alpha value is -2.19. The van der Waals surface area contributed by atoms with Gasteiger partial charge in [0.05, 0.1) is 25.9 Å². The minimum atomic E-state index is -0.769. The van der Waals surface area contributed by atoms with Crippen LogP contribution >= 0.6 is 15.9 Å². The first-order valence-corrected chi connectivity index (χ1v) is 8.66.